The molecule has 1 N–H and O–H groups in total. The smallest absolute Gasteiger partial charge is 0.194 e. The van der Waals surface area contributed by atoms with Crippen LogP contribution < -0.4 is 5.32 Å². The highest BCUT2D eigenvalue weighted by atomic mass is 19.2. The largest absolute Gasteiger partial charge is 0.384 e. The van der Waals surface area contributed by atoms with Crippen LogP contribution in [0.25, 0.3) is 0 Å². The molecule has 2 atom stereocenters. The molecule has 1 rings (SSSR count). The first-order valence-electron chi connectivity index (χ1n) is 5.80. The molecule has 5 heteroatoms. The summed E-state index contributed by atoms with van der Waals surface area (Å²) < 4.78 is 44.7. The Labute approximate surface area is 105 Å². The van der Waals surface area contributed by atoms with Crippen LogP contribution in [0.3, 0.4) is 0 Å². The van der Waals surface area contributed by atoms with Crippen molar-refractivity contribution in [1.82, 2.24) is 5.32 Å². The zero-order chi connectivity index (χ0) is 13.7. The summed E-state index contributed by atoms with van der Waals surface area (Å²) in [7, 11) is 3.24. The molecule has 0 aliphatic rings. The lowest BCUT2D eigenvalue weighted by Crippen LogP contribution is -2.22. The van der Waals surface area contributed by atoms with Crippen molar-refractivity contribution >= 4 is 0 Å². The second-order valence-corrected chi connectivity index (χ2v) is 4.40. The maximum absolute atomic E-state index is 13.6. The normalized spacial score (nSPS) is 14.6. The third-order valence-electron chi connectivity index (χ3n) is 2.88. The van der Waals surface area contributed by atoms with Crippen LogP contribution in [0.15, 0.2) is 12.1 Å². The van der Waals surface area contributed by atoms with Crippen LogP contribution in [-0.2, 0) is 4.74 Å². The molecule has 0 aliphatic carbocycles. The van der Waals surface area contributed by atoms with E-state index in [1.807, 2.05) is 6.92 Å². The average Bonchev–Trinajstić information content (AvgIpc) is 2.34. The molecular formula is C13H18F3NO. The van der Waals surface area contributed by atoms with Crippen LogP contribution in [0.5, 0.6) is 0 Å². The van der Waals surface area contributed by atoms with Crippen molar-refractivity contribution in [3.63, 3.8) is 0 Å². The monoisotopic (exact) mass is 261 g/mol. The molecule has 0 fully saturated rings. The summed E-state index contributed by atoms with van der Waals surface area (Å²) >= 11 is 0. The molecule has 0 amide bonds. The summed E-state index contributed by atoms with van der Waals surface area (Å²) in [6.07, 6.45) is 0.576. The van der Waals surface area contributed by atoms with E-state index in [9.17, 15) is 13.2 Å². The first-order valence-corrected chi connectivity index (χ1v) is 5.80. The minimum Gasteiger partial charge on any atom is -0.384 e. The van der Waals surface area contributed by atoms with Crippen LogP contribution in [0.2, 0.25) is 0 Å². The molecule has 2 unspecified atom stereocenters. The Morgan fingerprint density at radius 1 is 1.22 bits per heavy atom. The molecule has 1 aromatic rings. The van der Waals surface area contributed by atoms with Crippen LogP contribution in [-0.4, -0.2) is 20.8 Å². The molecule has 0 aliphatic heterocycles. The standard InChI is InChI=1S/C13H18F3NO/c1-8(7-18-3)6-11(17-2)9-4-5-10(14)13(16)12(9)15/h4-5,8,11,17H,6-7H2,1-3H3. The quantitative estimate of drug-likeness (QED) is 0.795. The minimum atomic E-state index is -1.42. The Morgan fingerprint density at radius 3 is 2.44 bits per heavy atom. The Kier molecular flexibility index (Phi) is 5.62. The highest BCUT2D eigenvalue weighted by Crippen LogP contribution is 2.26. The second-order valence-electron chi connectivity index (χ2n) is 4.40. The Morgan fingerprint density at radius 2 is 1.89 bits per heavy atom. The summed E-state index contributed by atoms with van der Waals surface area (Å²) in [6.45, 7) is 2.48. The van der Waals surface area contributed by atoms with Crippen LogP contribution in [0.4, 0.5) is 13.2 Å². The first kappa shape index (κ1) is 15.0. The van der Waals surface area contributed by atoms with E-state index in [1.165, 1.54) is 6.07 Å². The number of hydrogen-bond acceptors (Lipinski definition) is 2. The van der Waals surface area contributed by atoms with Gasteiger partial charge < -0.3 is 10.1 Å². The Hall–Kier alpha value is -1.07. The highest BCUT2D eigenvalue weighted by molar-refractivity contribution is 5.23. The van der Waals surface area contributed by atoms with E-state index in [-0.39, 0.29) is 17.5 Å². The summed E-state index contributed by atoms with van der Waals surface area (Å²) in [4.78, 5) is 0. The van der Waals surface area contributed by atoms with Gasteiger partial charge in [-0.3, -0.25) is 0 Å². The molecule has 0 saturated heterocycles. The maximum Gasteiger partial charge on any atom is 0.194 e. The topological polar surface area (TPSA) is 21.3 Å². The van der Waals surface area contributed by atoms with E-state index in [0.29, 0.717) is 13.0 Å². The van der Waals surface area contributed by atoms with Gasteiger partial charge in [0, 0.05) is 25.3 Å². The van der Waals surface area contributed by atoms with Gasteiger partial charge in [-0.15, -0.1) is 0 Å². The van der Waals surface area contributed by atoms with Gasteiger partial charge in [-0.05, 0) is 25.5 Å². The van der Waals surface area contributed by atoms with E-state index in [1.54, 1.807) is 14.2 Å². The number of methoxy groups -OCH3 is 1. The van der Waals surface area contributed by atoms with Gasteiger partial charge in [-0.1, -0.05) is 13.0 Å². The number of hydrogen-bond donors (Lipinski definition) is 1. The van der Waals surface area contributed by atoms with E-state index in [2.05, 4.69) is 5.32 Å². The zero-order valence-electron chi connectivity index (χ0n) is 10.8. The van der Waals surface area contributed by atoms with Gasteiger partial charge in [0.15, 0.2) is 17.5 Å². The fraction of sp³-hybridized carbons (Fsp3) is 0.538. The van der Waals surface area contributed by atoms with E-state index >= 15 is 0 Å². The lowest BCUT2D eigenvalue weighted by Gasteiger charge is -2.21. The zero-order valence-corrected chi connectivity index (χ0v) is 10.8. The number of ether oxygens (including phenoxy) is 1. The van der Waals surface area contributed by atoms with Crippen LogP contribution in [0, 0.1) is 23.4 Å². The molecule has 2 nitrogen and oxygen atoms in total. The van der Waals surface area contributed by atoms with Crippen LogP contribution in [0.1, 0.15) is 24.9 Å². The summed E-state index contributed by atoms with van der Waals surface area (Å²) in [5.41, 5.74) is 0.138. The molecule has 1 aromatic carbocycles. The molecule has 18 heavy (non-hydrogen) atoms. The van der Waals surface area contributed by atoms with Gasteiger partial charge >= 0.3 is 0 Å². The fourth-order valence-electron chi connectivity index (χ4n) is 1.97. The third kappa shape index (κ3) is 3.46. The fourth-order valence-corrected chi connectivity index (χ4v) is 1.97. The molecule has 0 spiro atoms. The third-order valence-corrected chi connectivity index (χ3v) is 2.88. The Balaban J connectivity index is 2.92. The van der Waals surface area contributed by atoms with Gasteiger partial charge in [-0.2, -0.15) is 0 Å². The lowest BCUT2D eigenvalue weighted by molar-refractivity contribution is 0.149. The molecule has 0 bridgehead atoms. The maximum atomic E-state index is 13.6. The van der Waals surface area contributed by atoms with Gasteiger partial charge in [0.1, 0.15) is 0 Å². The molecule has 0 saturated carbocycles. The van der Waals surface area contributed by atoms with E-state index < -0.39 is 17.5 Å². The minimum absolute atomic E-state index is 0.138. The van der Waals surface area contributed by atoms with Crippen molar-refractivity contribution in [2.75, 3.05) is 20.8 Å². The van der Waals surface area contributed by atoms with Crippen molar-refractivity contribution in [3.8, 4) is 0 Å². The number of nitrogens with one attached hydrogen (secondary N) is 1. The van der Waals surface area contributed by atoms with E-state index in [0.717, 1.165) is 6.07 Å². The molecular weight excluding hydrogens is 243 g/mol. The van der Waals surface area contributed by atoms with E-state index in [4.69, 9.17) is 4.74 Å². The molecule has 102 valence electrons. The molecule has 0 heterocycles. The summed E-state index contributed by atoms with van der Waals surface area (Å²) in [5, 5.41) is 2.91. The van der Waals surface area contributed by atoms with Crippen molar-refractivity contribution in [2.24, 2.45) is 5.92 Å². The summed E-state index contributed by atoms with van der Waals surface area (Å²) in [6, 6.07) is 1.85. The van der Waals surface area contributed by atoms with Gasteiger partial charge in [0.2, 0.25) is 0 Å². The van der Waals surface area contributed by atoms with Crippen LogP contribution >= 0.6 is 0 Å². The molecule has 0 aromatic heterocycles. The average molecular weight is 261 g/mol. The number of rotatable bonds is 6. The Bertz CT molecular complexity index is 398. The first-order chi connectivity index (χ1) is 8.51. The summed E-state index contributed by atoms with van der Waals surface area (Å²) in [5.74, 6) is -3.54. The van der Waals surface area contributed by atoms with Crippen molar-refractivity contribution in [2.45, 2.75) is 19.4 Å². The predicted octanol–water partition coefficient (Wildman–Crippen LogP) is 3.04. The van der Waals surface area contributed by atoms with Gasteiger partial charge in [-0.25, -0.2) is 13.2 Å². The van der Waals surface area contributed by atoms with Gasteiger partial charge in [0.25, 0.3) is 0 Å². The van der Waals surface area contributed by atoms with Crippen molar-refractivity contribution in [3.05, 3.63) is 35.1 Å². The van der Waals surface area contributed by atoms with Crippen molar-refractivity contribution < 1.29 is 17.9 Å². The number of halogens is 3. The lowest BCUT2D eigenvalue weighted by atomic mass is 9.96. The van der Waals surface area contributed by atoms with Gasteiger partial charge in [0.05, 0.1) is 0 Å². The number of benzene rings is 1. The molecule has 0 radical (unpaired) electrons. The van der Waals surface area contributed by atoms with Crippen molar-refractivity contribution in [1.29, 1.82) is 0 Å². The predicted molar refractivity (Wildman–Crippen MR) is 63.8 cm³/mol. The SMILES string of the molecule is CNC(CC(C)COC)c1ccc(F)c(F)c1F. The second kappa shape index (κ2) is 6.75. The highest BCUT2D eigenvalue weighted by Gasteiger charge is 2.21.